The molecule has 5 nitrogen and oxygen atoms in total. The summed E-state index contributed by atoms with van der Waals surface area (Å²) in [5.74, 6) is -0.350. The van der Waals surface area contributed by atoms with Crippen LogP contribution in [0.25, 0.3) is 0 Å². The van der Waals surface area contributed by atoms with Gasteiger partial charge in [0.15, 0.2) is 0 Å². The van der Waals surface area contributed by atoms with Crippen LogP contribution in [-0.2, 0) is 18.1 Å². The SMILES string of the molecule is C=CC(=O)N[Si](OCC)(OCC)OCC. The van der Waals surface area contributed by atoms with Crippen molar-refractivity contribution in [2.24, 2.45) is 0 Å². The fraction of sp³-hybridized carbons (Fsp3) is 0.667. The topological polar surface area (TPSA) is 56.8 Å². The summed E-state index contributed by atoms with van der Waals surface area (Å²) in [6.07, 6.45) is 1.17. The number of hydrogen-bond acceptors (Lipinski definition) is 4. The van der Waals surface area contributed by atoms with Crippen LogP contribution in [-0.4, -0.2) is 34.7 Å². The molecule has 0 fully saturated rings. The summed E-state index contributed by atoms with van der Waals surface area (Å²) in [7, 11) is -3.05. The van der Waals surface area contributed by atoms with Crippen molar-refractivity contribution in [3.63, 3.8) is 0 Å². The first-order chi connectivity index (χ1) is 7.14. The Hall–Kier alpha value is -0.693. The van der Waals surface area contributed by atoms with Crippen LogP contribution in [0, 0.1) is 0 Å². The van der Waals surface area contributed by atoms with E-state index in [0.29, 0.717) is 19.8 Å². The van der Waals surface area contributed by atoms with Gasteiger partial charge >= 0.3 is 8.97 Å². The number of nitrogens with one attached hydrogen (secondary N) is 1. The number of carbonyl (C=O) groups excluding carboxylic acids is 1. The molecule has 1 amide bonds. The van der Waals surface area contributed by atoms with E-state index in [1.807, 2.05) is 20.8 Å². The number of carbonyl (C=O) groups is 1. The molecule has 0 aliphatic rings. The third kappa shape index (κ3) is 5.08. The summed E-state index contributed by atoms with van der Waals surface area (Å²) in [5, 5.41) is 0. The normalized spacial score (nSPS) is 11.1. The van der Waals surface area contributed by atoms with Crippen LogP contribution < -0.4 is 4.98 Å². The molecular weight excluding hydrogens is 214 g/mol. The second-order valence-electron chi connectivity index (χ2n) is 2.55. The highest BCUT2D eigenvalue weighted by atomic mass is 28.4. The van der Waals surface area contributed by atoms with Crippen molar-refractivity contribution in [3.05, 3.63) is 12.7 Å². The lowest BCUT2D eigenvalue weighted by atomic mass is 10.6. The van der Waals surface area contributed by atoms with Crippen LogP contribution in [0.5, 0.6) is 0 Å². The van der Waals surface area contributed by atoms with E-state index in [2.05, 4.69) is 11.6 Å². The molecule has 0 rings (SSSR count). The van der Waals surface area contributed by atoms with Crippen LogP contribution in [0.2, 0.25) is 0 Å². The monoisotopic (exact) mass is 233 g/mol. The zero-order valence-corrected chi connectivity index (χ0v) is 10.5. The lowest BCUT2D eigenvalue weighted by Crippen LogP contribution is -2.60. The van der Waals surface area contributed by atoms with Crippen molar-refractivity contribution < 1.29 is 18.1 Å². The van der Waals surface area contributed by atoms with Crippen LogP contribution >= 0.6 is 0 Å². The summed E-state index contributed by atoms with van der Waals surface area (Å²) < 4.78 is 16.2. The maximum atomic E-state index is 11.2. The third-order valence-corrected chi connectivity index (χ3v) is 4.02. The van der Waals surface area contributed by atoms with Gasteiger partial charge in [-0.25, -0.2) is 0 Å². The fourth-order valence-corrected chi connectivity index (χ4v) is 3.02. The summed E-state index contributed by atoms with van der Waals surface area (Å²) in [4.78, 5) is 13.8. The summed E-state index contributed by atoms with van der Waals surface area (Å²) in [5.41, 5.74) is 0. The van der Waals surface area contributed by atoms with Gasteiger partial charge in [-0.1, -0.05) is 6.58 Å². The quantitative estimate of drug-likeness (QED) is 0.498. The number of rotatable bonds is 8. The van der Waals surface area contributed by atoms with Crippen molar-refractivity contribution in [1.29, 1.82) is 0 Å². The van der Waals surface area contributed by atoms with Crippen molar-refractivity contribution in [1.82, 2.24) is 4.98 Å². The number of amides is 1. The van der Waals surface area contributed by atoms with Gasteiger partial charge in [-0.2, -0.15) is 0 Å². The zero-order valence-electron chi connectivity index (χ0n) is 9.54. The summed E-state index contributed by atoms with van der Waals surface area (Å²) >= 11 is 0. The van der Waals surface area contributed by atoms with Crippen LogP contribution in [0.3, 0.4) is 0 Å². The predicted octanol–water partition coefficient (Wildman–Crippen LogP) is 0.834. The summed E-state index contributed by atoms with van der Waals surface area (Å²) in [6.45, 7) is 10.1. The first-order valence-electron chi connectivity index (χ1n) is 5.00. The Bertz CT molecular complexity index is 193. The van der Waals surface area contributed by atoms with E-state index in [4.69, 9.17) is 13.3 Å². The molecular formula is C9H19NO4Si. The van der Waals surface area contributed by atoms with E-state index in [0.717, 1.165) is 0 Å². The fourth-order valence-electron chi connectivity index (χ4n) is 1.01. The molecule has 0 spiro atoms. The first kappa shape index (κ1) is 14.3. The maximum Gasteiger partial charge on any atom is 0.633 e. The standard InChI is InChI=1S/C9H19NO4Si/c1-5-9(11)10-15(12-6-2,13-7-3)14-8-4/h5H,1,6-8H2,2-4H3,(H,10,11). The van der Waals surface area contributed by atoms with Gasteiger partial charge in [-0.3, -0.25) is 4.79 Å². The van der Waals surface area contributed by atoms with Gasteiger partial charge < -0.3 is 18.3 Å². The molecule has 0 atom stereocenters. The molecule has 0 aromatic carbocycles. The molecule has 0 saturated carbocycles. The minimum absolute atomic E-state index is 0.350. The second-order valence-corrected chi connectivity index (χ2v) is 4.78. The van der Waals surface area contributed by atoms with Crippen LogP contribution in [0.4, 0.5) is 0 Å². The van der Waals surface area contributed by atoms with Crippen molar-refractivity contribution in [2.75, 3.05) is 19.8 Å². The highest BCUT2D eigenvalue weighted by molar-refractivity contribution is 6.61. The lowest BCUT2D eigenvalue weighted by Gasteiger charge is -2.27. The van der Waals surface area contributed by atoms with Crippen molar-refractivity contribution >= 4 is 14.9 Å². The van der Waals surface area contributed by atoms with Gasteiger partial charge in [0, 0.05) is 19.8 Å². The minimum Gasteiger partial charge on any atom is -0.357 e. The Balaban J connectivity index is 4.58. The predicted molar refractivity (Wildman–Crippen MR) is 59.0 cm³/mol. The maximum absolute atomic E-state index is 11.2. The van der Waals surface area contributed by atoms with E-state index < -0.39 is 8.97 Å². The lowest BCUT2D eigenvalue weighted by molar-refractivity contribution is -0.116. The average Bonchev–Trinajstić information content (AvgIpc) is 2.18. The molecule has 6 heteroatoms. The molecule has 0 heterocycles. The Kier molecular flexibility index (Phi) is 7.23. The van der Waals surface area contributed by atoms with Crippen LogP contribution in [0.1, 0.15) is 20.8 Å². The Labute approximate surface area is 91.9 Å². The molecule has 0 bridgehead atoms. The highest BCUT2D eigenvalue weighted by Crippen LogP contribution is 2.06. The molecule has 0 aromatic heterocycles. The van der Waals surface area contributed by atoms with Gasteiger partial charge in [-0.05, 0) is 26.8 Å². The summed E-state index contributed by atoms with van der Waals surface area (Å²) in [6, 6.07) is 0. The van der Waals surface area contributed by atoms with Gasteiger partial charge in [-0.15, -0.1) is 0 Å². The molecule has 15 heavy (non-hydrogen) atoms. The molecule has 0 unspecified atom stereocenters. The second kappa shape index (κ2) is 7.58. The molecule has 0 saturated heterocycles. The Morgan fingerprint density at radius 3 is 1.87 bits per heavy atom. The van der Waals surface area contributed by atoms with E-state index in [9.17, 15) is 4.79 Å². The van der Waals surface area contributed by atoms with E-state index in [-0.39, 0.29) is 5.91 Å². The smallest absolute Gasteiger partial charge is 0.357 e. The molecule has 1 N–H and O–H groups in total. The van der Waals surface area contributed by atoms with Gasteiger partial charge in [0.25, 0.3) is 0 Å². The number of hydrogen-bond donors (Lipinski definition) is 1. The average molecular weight is 233 g/mol. The van der Waals surface area contributed by atoms with E-state index in [1.54, 1.807) is 0 Å². The highest BCUT2D eigenvalue weighted by Gasteiger charge is 2.43. The van der Waals surface area contributed by atoms with Crippen LogP contribution in [0.15, 0.2) is 12.7 Å². The molecule has 0 radical (unpaired) electrons. The van der Waals surface area contributed by atoms with Crippen molar-refractivity contribution in [3.8, 4) is 0 Å². The molecule has 0 aliphatic heterocycles. The van der Waals surface area contributed by atoms with Gasteiger partial charge in [0.05, 0.1) is 0 Å². The van der Waals surface area contributed by atoms with Gasteiger partial charge in [0.2, 0.25) is 5.91 Å². The first-order valence-corrected chi connectivity index (χ1v) is 6.73. The van der Waals surface area contributed by atoms with E-state index in [1.165, 1.54) is 6.08 Å². The Morgan fingerprint density at radius 1 is 1.20 bits per heavy atom. The molecule has 88 valence electrons. The van der Waals surface area contributed by atoms with Gasteiger partial charge in [0.1, 0.15) is 0 Å². The molecule has 0 aromatic rings. The minimum atomic E-state index is -3.05. The largest absolute Gasteiger partial charge is 0.633 e. The molecule has 0 aliphatic carbocycles. The Morgan fingerprint density at radius 2 is 1.60 bits per heavy atom. The van der Waals surface area contributed by atoms with Crippen molar-refractivity contribution in [2.45, 2.75) is 20.8 Å². The third-order valence-electron chi connectivity index (χ3n) is 1.46. The zero-order chi connectivity index (χ0) is 11.7. The van der Waals surface area contributed by atoms with E-state index >= 15 is 0 Å².